The average molecular weight is 280 g/mol. The second-order valence-corrected chi connectivity index (χ2v) is 3.69. The molecular formula is C10H20N2O7. The van der Waals surface area contributed by atoms with Crippen LogP contribution in [0, 0.1) is 0 Å². The van der Waals surface area contributed by atoms with E-state index in [9.17, 15) is 14.4 Å². The minimum absolute atomic E-state index is 0.138. The summed E-state index contributed by atoms with van der Waals surface area (Å²) in [6.07, 6.45) is 0.967. The van der Waals surface area contributed by atoms with Gasteiger partial charge in [-0.1, -0.05) is 13.3 Å². The van der Waals surface area contributed by atoms with Crippen LogP contribution in [0.5, 0.6) is 0 Å². The molecule has 0 saturated heterocycles. The van der Waals surface area contributed by atoms with Gasteiger partial charge in [-0.25, -0.2) is 0 Å². The third-order valence-corrected chi connectivity index (χ3v) is 2.02. The van der Waals surface area contributed by atoms with Crippen LogP contribution in [-0.4, -0.2) is 50.5 Å². The molecule has 0 aliphatic carbocycles. The van der Waals surface area contributed by atoms with Gasteiger partial charge in [0.2, 0.25) is 0 Å². The van der Waals surface area contributed by atoms with E-state index < -0.39 is 30.0 Å². The molecule has 0 saturated carbocycles. The SMILES string of the molecule is CCCC(N)C(=O)O.O=C(O)CCC(NO)C(=O)O. The Kier molecular flexibility index (Phi) is 11.8. The van der Waals surface area contributed by atoms with Gasteiger partial charge in [-0.2, -0.15) is 5.48 Å². The molecule has 19 heavy (non-hydrogen) atoms. The van der Waals surface area contributed by atoms with Gasteiger partial charge in [0.1, 0.15) is 12.1 Å². The fourth-order valence-corrected chi connectivity index (χ4v) is 0.946. The number of carboxylic acid groups (broad SMARTS) is 3. The van der Waals surface area contributed by atoms with Gasteiger partial charge in [0.05, 0.1) is 0 Å². The van der Waals surface area contributed by atoms with Crippen molar-refractivity contribution in [3.8, 4) is 0 Å². The Labute approximate surface area is 110 Å². The van der Waals surface area contributed by atoms with Crippen molar-refractivity contribution in [2.45, 2.75) is 44.7 Å². The molecule has 0 aromatic carbocycles. The third kappa shape index (κ3) is 12.5. The molecular weight excluding hydrogens is 260 g/mol. The lowest BCUT2D eigenvalue weighted by Gasteiger charge is -2.06. The summed E-state index contributed by atoms with van der Waals surface area (Å²) in [5.74, 6) is -3.27. The van der Waals surface area contributed by atoms with Crippen LogP contribution in [0.25, 0.3) is 0 Å². The monoisotopic (exact) mass is 280 g/mol. The molecule has 0 rings (SSSR count). The summed E-state index contributed by atoms with van der Waals surface area (Å²) in [4.78, 5) is 30.0. The van der Waals surface area contributed by atoms with Crippen LogP contribution in [0.15, 0.2) is 0 Å². The highest BCUT2D eigenvalue weighted by molar-refractivity contribution is 5.74. The second kappa shape index (κ2) is 11.4. The summed E-state index contributed by atoms with van der Waals surface area (Å²) in [5, 5.41) is 32.8. The van der Waals surface area contributed by atoms with Crippen molar-refractivity contribution in [1.29, 1.82) is 0 Å². The molecule has 0 bridgehead atoms. The van der Waals surface area contributed by atoms with Crippen LogP contribution in [0.2, 0.25) is 0 Å². The molecule has 2 unspecified atom stereocenters. The number of carbonyl (C=O) groups is 3. The molecule has 0 spiro atoms. The quantitative estimate of drug-likeness (QED) is 0.320. The number of hydroxylamine groups is 1. The van der Waals surface area contributed by atoms with Crippen LogP contribution in [0.3, 0.4) is 0 Å². The van der Waals surface area contributed by atoms with Crippen molar-refractivity contribution in [2.24, 2.45) is 5.73 Å². The number of nitrogens with two attached hydrogens (primary N) is 1. The zero-order chi connectivity index (χ0) is 15.4. The van der Waals surface area contributed by atoms with Crippen molar-refractivity contribution in [3.05, 3.63) is 0 Å². The average Bonchev–Trinajstić information content (AvgIpc) is 2.30. The van der Waals surface area contributed by atoms with Crippen LogP contribution in [-0.2, 0) is 14.4 Å². The summed E-state index contributed by atoms with van der Waals surface area (Å²) < 4.78 is 0. The molecule has 0 aliphatic heterocycles. The minimum Gasteiger partial charge on any atom is -0.481 e. The lowest BCUT2D eigenvalue weighted by molar-refractivity contribution is -0.143. The molecule has 0 heterocycles. The zero-order valence-electron chi connectivity index (χ0n) is 10.6. The molecule has 0 amide bonds. The van der Waals surface area contributed by atoms with Gasteiger partial charge in [-0.15, -0.1) is 0 Å². The molecule has 9 heteroatoms. The fourth-order valence-electron chi connectivity index (χ4n) is 0.946. The van der Waals surface area contributed by atoms with E-state index in [0.29, 0.717) is 6.42 Å². The standard InChI is InChI=1S/C5H9NO5.C5H11NO2/c7-4(8)2-1-3(6-11)5(9)10;1-2-3-4(6)5(7)8/h3,6,11H,1-2H2,(H,7,8)(H,9,10);4H,2-3,6H2,1H3,(H,7,8). The summed E-state index contributed by atoms with van der Waals surface area (Å²) in [5.41, 5.74) is 6.62. The first kappa shape index (κ1) is 19.6. The normalized spacial score (nSPS) is 12.8. The molecule has 0 aromatic heterocycles. The minimum atomic E-state index is -1.27. The number of aliphatic carboxylic acids is 3. The lowest BCUT2D eigenvalue weighted by Crippen LogP contribution is -2.34. The van der Waals surface area contributed by atoms with Crippen LogP contribution < -0.4 is 11.2 Å². The van der Waals surface area contributed by atoms with Crippen molar-refractivity contribution in [2.75, 3.05) is 0 Å². The van der Waals surface area contributed by atoms with E-state index in [0.717, 1.165) is 6.42 Å². The maximum atomic E-state index is 10.1. The maximum Gasteiger partial charge on any atom is 0.323 e. The predicted octanol–water partition coefficient (Wildman–Crippen LogP) is -0.518. The fraction of sp³-hybridized carbons (Fsp3) is 0.700. The topological polar surface area (TPSA) is 170 Å². The van der Waals surface area contributed by atoms with E-state index in [1.54, 1.807) is 0 Å². The molecule has 7 N–H and O–H groups in total. The first-order valence-electron chi connectivity index (χ1n) is 5.58. The zero-order valence-corrected chi connectivity index (χ0v) is 10.6. The van der Waals surface area contributed by atoms with Gasteiger partial charge in [0, 0.05) is 6.42 Å². The van der Waals surface area contributed by atoms with E-state index in [2.05, 4.69) is 0 Å². The van der Waals surface area contributed by atoms with Gasteiger partial charge >= 0.3 is 17.9 Å². The summed E-state index contributed by atoms with van der Waals surface area (Å²) in [7, 11) is 0. The smallest absolute Gasteiger partial charge is 0.323 e. The van der Waals surface area contributed by atoms with E-state index in [1.165, 1.54) is 5.48 Å². The molecule has 0 aliphatic rings. The number of hydrogen-bond donors (Lipinski definition) is 6. The van der Waals surface area contributed by atoms with Crippen LogP contribution >= 0.6 is 0 Å². The predicted molar refractivity (Wildman–Crippen MR) is 63.7 cm³/mol. The van der Waals surface area contributed by atoms with Gasteiger partial charge in [0.15, 0.2) is 0 Å². The van der Waals surface area contributed by atoms with E-state index in [4.69, 9.17) is 26.3 Å². The molecule has 0 radical (unpaired) electrons. The van der Waals surface area contributed by atoms with Crippen molar-refractivity contribution < 1.29 is 34.9 Å². The maximum absolute atomic E-state index is 10.1. The van der Waals surface area contributed by atoms with Crippen LogP contribution in [0.1, 0.15) is 32.6 Å². The molecule has 0 aromatic rings. The third-order valence-electron chi connectivity index (χ3n) is 2.02. The highest BCUT2D eigenvalue weighted by Gasteiger charge is 2.16. The number of carboxylic acids is 3. The second-order valence-electron chi connectivity index (χ2n) is 3.69. The first-order valence-corrected chi connectivity index (χ1v) is 5.58. The van der Waals surface area contributed by atoms with E-state index in [1.807, 2.05) is 6.92 Å². The summed E-state index contributed by atoms with van der Waals surface area (Å²) in [6, 6.07) is -1.87. The first-order chi connectivity index (χ1) is 8.76. The highest BCUT2D eigenvalue weighted by Crippen LogP contribution is 1.96. The summed E-state index contributed by atoms with van der Waals surface area (Å²) >= 11 is 0. The Morgan fingerprint density at radius 1 is 1.11 bits per heavy atom. The van der Waals surface area contributed by atoms with Crippen molar-refractivity contribution in [1.82, 2.24) is 5.48 Å². The Morgan fingerprint density at radius 2 is 1.63 bits per heavy atom. The molecule has 2 atom stereocenters. The Bertz CT molecular complexity index is 296. The molecule has 112 valence electrons. The largest absolute Gasteiger partial charge is 0.481 e. The van der Waals surface area contributed by atoms with Gasteiger partial charge < -0.3 is 26.3 Å². The Balaban J connectivity index is 0. The number of hydrogen-bond acceptors (Lipinski definition) is 6. The lowest BCUT2D eigenvalue weighted by atomic mass is 10.2. The van der Waals surface area contributed by atoms with Crippen molar-refractivity contribution >= 4 is 17.9 Å². The van der Waals surface area contributed by atoms with Crippen LogP contribution in [0.4, 0.5) is 0 Å². The molecule has 0 fully saturated rings. The van der Waals surface area contributed by atoms with E-state index >= 15 is 0 Å². The van der Waals surface area contributed by atoms with E-state index in [-0.39, 0.29) is 12.8 Å². The van der Waals surface area contributed by atoms with Gasteiger partial charge in [0.25, 0.3) is 0 Å². The number of rotatable bonds is 8. The molecule has 9 nitrogen and oxygen atoms in total. The summed E-state index contributed by atoms with van der Waals surface area (Å²) in [6.45, 7) is 1.91. The highest BCUT2D eigenvalue weighted by atomic mass is 16.5. The van der Waals surface area contributed by atoms with Crippen molar-refractivity contribution in [3.63, 3.8) is 0 Å². The Morgan fingerprint density at radius 3 is 1.84 bits per heavy atom. The Hall–Kier alpha value is -1.71. The number of nitrogens with one attached hydrogen (secondary N) is 1. The van der Waals surface area contributed by atoms with Gasteiger partial charge in [-0.3, -0.25) is 14.4 Å². The van der Waals surface area contributed by atoms with Gasteiger partial charge in [-0.05, 0) is 12.8 Å².